The molecular formula is C43H44N2. The Hall–Kier alpha value is -4.40. The third kappa shape index (κ3) is 5.02. The molecule has 7 rings (SSSR count). The molecule has 1 aliphatic carbocycles. The highest BCUT2D eigenvalue weighted by Gasteiger charge is 2.38. The standard InChI is InChI=1S/C43H44N2/c1-8-10-22-44-38-25-29(24-37-32-15-13-12-14-31(32)28-43(37,6)7)16-18-33(38)35-20-21-36-34-19-17-30(27-42(3,4)5)26-39(34)45(23-11-9-2)41(36)40(35)44/h12-21,25-26,37H,22-24,27-28H2,1-7H3. The van der Waals surface area contributed by atoms with E-state index in [1.54, 1.807) is 0 Å². The van der Waals surface area contributed by atoms with Gasteiger partial charge in [0.15, 0.2) is 0 Å². The first-order valence-electron chi connectivity index (χ1n) is 16.5. The topological polar surface area (TPSA) is 9.86 Å². The van der Waals surface area contributed by atoms with Crippen molar-refractivity contribution in [2.75, 3.05) is 0 Å². The summed E-state index contributed by atoms with van der Waals surface area (Å²) in [6.45, 7) is 17.0. The third-order valence-corrected chi connectivity index (χ3v) is 10.00. The molecule has 6 aromatic rings. The van der Waals surface area contributed by atoms with Gasteiger partial charge in [-0.1, -0.05) is 107 Å². The van der Waals surface area contributed by atoms with Crippen molar-refractivity contribution in [2.45, 2.75) is 86.7 Å². The molecule has 0 aliphatic heterocycles. The minimum Gasteiger partial charge on any atom is -0.327 e. The Kier molecular flexibility index (Phi) is 7.10. The lowest BCUT2D eigenvalue weighted by atomic mass is 9.76. The van der Waals surface area contributed by atoms with Crippen LogP contribution in [0.15, 0.2) is 72.8 Å². The Morgan fingerprint density at radius 3 is 1.82 bits per heavy atom. The first kappa shape index (κ1) is 29.3. The molecule has 0 spiro atoms. The molecule has 226 valence electrons. The third-order valence-electron chi connectivity index (χ3n) is 10.00. The van der Waals surface area contributed by atoms with Crippen LogP contribution in [-0.4, -0.2) is 9.13 Å². The molecule has 4 aromatic carbocycles. The van der Waals surface area contributed by atoms with Crippen LogP contribution >= 0.6 is 0 Å². The molecule has 0 radical (unpaired) electrons. The van der Waals surface area contributed by atoms with Gasteiger partial charge in [-0.15, -0.1) is 11.8 Å². The number of hydrogen-bond donors (Lipinski definition) is 0. The van der Waals surface area contributed by atoms with E-state index in [1.165, 1.54) is 65.9 Å². The molecule has 1 atom stereocenters. The maximum Gasteiger partial charge on any atom is 0.0844 e. The predicted molar refractivity (Wildman–Crippen MR) is 193 cm³/mol. The van der Waals surface area contributed by atoms with E-state index in [0.29, 0.717) is 19.0 Å². The smallest absolute Gasteiger partial charge is 0.0844 e. The molecule has 2 heterocycles. The van der Waals surface area contributed by atoms with E-state index >= 15 is 0 Å². The average molecular weight is 589 g/mol. The van der Waals surface area contributed by atoms with Gasteiger partial charge in [-0.2, -0.15) is 0 Å². The fourth-order valence-electron chi connectivity index (χ4n) is 8.04. The lowest BCUT2D eigenvalue weighted by Crippen LogP contribution is -2.19. The second-order valence-corrected chi connectivity index (χ2v) is 14.9. The Bertz CT molecular complexity index is 2240. The minimum absolute atomic E-state index is 0.222. The summed E-state index contributed by atoms with van der Waals surface area (Å²) < 4.78 is 4.94. The van der Waals surface area contributed by atoms with Crippen LogP contribution in [0, 0.1) is 34.5 Å². The van der Waals surface area contributed by atoms with Crippen molar-refractivity contribution in [3.63, 3.8) is 0 Å². The zero-order valence-corrected chi connectivity index (χ0v) is 27.9. The van der Waals surface area contributed by atoms with Gasteiger partial charge in [0.05, 0.1) is 35.2 Å². The number of aromatic nitrogens is 2. The van der Waals surface area contributed by atoms with Gasteiger partial charge < -0.3 is 9.13 Å². The number of rotatable bonds is 5. The van der Waals surface area contributed by atoms with Crippen LogP contribution in [-0.2, 0) is 32.4 Å². The van der Waals surface area contributed by atoms with Crippen molar-refractivity contribution >= 4 is 43.6 Å². The zero-order chi connectivity index (χ0) is 31.5. The summed E-state index contributed by atoms with van der Waals surface area (Å²) in [5.41, 5.74) is 11.3. The van der Waals surface area contributed by atoms with Gasteiger partial charge in [-0.3, -0.25) is 0 Å². The van der Waals surface area contributed by atoms with Gasteiger partial charge in [0.2, 0.25) is 0 Å². The molecule has 0 bridgehead atoms. The van der Waals surface area contributed by atoms with E-state index in [-0.39, 0.29) is 10.8 Å². The maximum absolute atomic E-state index is 3.43. The molecule has 0 saturated heterocycles. The Labute approximate surface area is 268 Å². The Balaban J connectivity index is 1.47. The minimum atomic E-state index is 0.222. The largest absolute Gasteiger partial charge is 0.327 e. The summed E-state index contributed by atoms with van der Waals surface area (Å²) in [5.74, 6) is 13.7. The number of nitrogens with zero attached hydrogens (tertiary/aromatic N) is 2. The molecule has 2 heteroatoms. The van der Waals surface area contributed by atoms with Gasteiger partial charge in [0.25, 0.3) is 0 Å². The van der Waals surface area contributed by atoms with E-state index in [0.717, 1.165) is 19.3 Å². The molecule has 2 aromatic heterocycles. The van der Waals surface area contributed by atoms with Gasteiger partial charge in [0.1, 0.15) is 0 Å². The summed E-state index contributed by atoms with van der Waals surface area (Å²) in [6.07, 6.45) is 3.22. The van der Waals surface area contributed by atoms with Crippen molar-refractivity contribution in [1.82, 2.24) is 9.13 Å². The second kappa shape index (κ2) is 10.9. The van der Waals surface area contributed by atoms with E-state index in [9.17, 15) is 0 Å². The van der Waals surface area contributed by atoms with Crippen molar-refractivity contribution in [1.29, 1.82) is 0 Å². The Morgan fingerprint density at radius 1 is 0.711 bits per heavy atom. The summed E-state index contributed by atoms with van der Waals surface area (Å²) in [4.78, 5) is 0. The van der Waals surface area contributed by atoms with Gasteiger partial charge in [0, 0.05) is 21.5 Å². The summed E-state index contributed by atoms with van der Waals surface area (Å²) in [6, 6.07) is 28.0. The van der Waals surface area contributed by atoms with E-state index in [1.807, 2.05) is 13.8 Å². The van der Waals surface area contributed by atoms with Crippen LogP contribution in [0.2, 0.25) is 0 Å². The zero-order valence-electron chi connectivity index (χ0n) is 27.9. The molecule has 0 amide bonds. The molecule has 1 aliphatic rings. The number of hydrogen-bond acceptors (Lipinski definition) is 0. The fourth-order valence-corrected chi connectivity index (χ4v) is 8.04. The quantitative estimate of drug-likeness (QED) is 0.177. The van der Waals surface area contributed by atoms with Gasteiger partial charge in [-0.05, 0) is 84.2 Å². The summed E-state index contributed by atoms with van der Waals surface area (Å²) in [7, 11) is 0. The predicted octanol–water partition coefficient (Wildman–Crippen LogP) is 10.4. The van der Waals surface area contributed by atoms with E-state index < -0.39 is 0 Å². The normalized spacial score (nSPS) is 15.8. The molecular weight excluding hydrogens is 544 g/mol. The highest BCUT2D eigenvalue weighted by Crippen LogP contribution is 2.49. The first-order chi connectivity index (χ1) is 21.6. The van der Waals surface area contributed by atoms with Crippen molar-refractivity contribution in [3.8, 4) is 23.7 Å². The lowest BCUT2D eigenvalue weighted by molar-refractivity contribution is 0.311. The van der Waals surface area contributed by atoms with E-state index in [4.69, 9.17) is 0 Å². The monoisotopic (exact) mass is 588 g/mol. The van der Waals surface area contributed by atoms with Crippen LogP contribution < -0.4 is 0 Å². The number of benzene rings is 4. The molecule has 1 unspecified atom stereocenters. The van der Waals surface area contributed by atoms with Crippen molar-refractivity contribution in [2.24, 2.45) is 10.8 Å². The number of fused-ring (bicyclic) bond motifs is 8. The molecule has 0 fully saturated rings. The SMILES string of the molecule is CC#CCn1c2cc(CC3c4ccccc4CC3(C)C)ccc2c2ccc3c4ccc(CC(C)(C)C)cc4n(CC#CC)c3c21. The van der Waals surface area contributed by atoms with Crippen molar-refractivity contribution in [3.05, 3.63) is 95.1 Å². The van der Waals surface area contributed by atoms with Gasteiger partial charge in [-0.25, -0.2) is 0 Å². The molecule has 0 saturated carbocycles. The van der Waals surface area contributed by atoms with Crippen LogP contribution in [0.1, 0.15) is 76.6 Å². The molecule has 2 nitrogen and oxygen atoms in total. The molecule has 0 N–H and O–H groups in total. The fraction of sp³-hybridized carbons (Fsp3) is 0.349. The lowest BCUT2D eigenvalue weighted by Gasteiger charge is -2.28. The van der Waals surface area contributed by atoms with Crippen LogP contribution in [0.5, 0.6) is 0 Å². The highest BCUT2D eigenvalue weighted by molar-refractivity contribution is 6.22. The van der Waals surface area contributed by atoms with Gasteiger partial charge >= 0.3 is 0 Å². The highest BCUT2D eigenvalue weighted by atomic mass is 15.0. The van der Waals surface area contributed by atoms with Crippen LogP contribution in [0.3, 0.4) is 0 Å². The van der Waals surface area contributed by atoms with Crippen molar-refractivity contribution < 1.29 is 0 Å². The van der Waals surface area contributed by atoms with Crippen LogP contribution in [0.4, 0.5) is 0 Å². The maximum atomic E-state index is 3.43. The summed E-state index contributed by atoms with van der Waals surface area (Å²) in [5, 5.41) is 5.17. The second-order valence-electron chi connectivity index (χ2n) is 14.9. The summed E-state index contributed by atoms with van der Waals surface area (Å²) >= 11 is 0. The average Bonchev–Trinajstić information content (AvgIpc) is 3.57. The molecule has 45 heavy (non-hydrogen) atoms. The van der Waals surface area contributed by atoms with Crippen LogP contribution in [0.25, 0.3) is 43.6 Å². The van der Waals surface area contributed by atoms with E-state index in [2.05, 4.69) is 140 Å². The first-order valence-corrected chi connectivity index (χ1v) is 16.5. The Morgan fingerprint density at radius 2 is 1.24 bits per heavy atom.